The van der Waals surface area contributed by atoms with E-state index < -0.39 is 18.6 Å². The number of halogens is 3. The van der Waals surface area contributed by atoms with Crippen molar-refractivity contribution in [1.29, 1.82) is 0 Å². The Morgan fingerprint density at radius 1 is 0.694 bits per heavy atom. The van der Waals surface area contributed by atoms with Crippen LogP contribution in [-0.4, -0.2) is 9.97 Å². The smallest absolute Gasteiger partial charge is 0.304 e. The SMILES string of the molecule is [2H]C([2H])([2H])c1ccc(-c2[c-]cccc2C(F)(F)F)nc1.[Ir].[c-]1ccccc1-c1ccc(-c2ccccc2)cn1. The maximum absolute atomic E-state index is 12.9. The summed E-state index contributed by atoms with van der Waals surface area (Å²) in [5.74, 6) is 0. The summed E-state index contributed by atoms with van der Waals surface area (Å²) in [4.78, 5) is 8.29. The number of hydrogen-bond donors (Lipinski definition) is 0. The van der Waals surface area contributed by atoms with Crippen molar-refractivity contribution in [2.45, 2.75) is 13.0 Å². The summed E-state index contributed by atoms with van der Waals surface area (Å²) in [5, 5.41) is 0. The van der Waals surface area contributed by atoms with Gasteiger partial charge in [0.2, 0.25) is 0 Å². The number of hydrogen-bond acceptors (Lipinski definition) is 2. The Kier molecular flexibility index (Phi) is 7.86. The molecule has 0 saturated heterocycles. The molecule has 0 atom stereocenters. The van der Waals surface area contributed by atoms with Crippen molar-refractivity contribution in [3.63, 3.8) is 0 Å². The summed E-state index contributed by atoms with van der Waals surface area (Å²) in [6.07, 6.45) is -1.55. The fraction of sp³-hybridized carbons (Fsp3) is 0.0667. The first kappa shape index (κ1) is 22.8. The molecule has 0 aliphatic carbocycles. The normalized spacial score (nSPS) is 12.1. The van der Waals surface area contributed by atoms with Crippen LogP contribution in [0, 0.1) is 19.0 Å². The number of aromatic nitrogens is 2. The molecule has 0 amide bonds. The van der Waals surface area contributed by atoms with E-state index >= 15 is 0 Å². The van der Waals surface area contributed by atoms with Crippen LogP contribution in [0.25, 0.3) is 33.6 Å². The van der Waals surface area contributed by atoms with E-state index in [0.29, 0.717) is 0 Å². The van der Waals surface area contributed by atoms with Crippen LogP contribution in [0.15, 0.2) is 109 Å². The van der Waals surface area contributed by atoms with Gasteiger partial charge in [-0.15, -0.1) is 65.7 Å². The van der Waals surface area contributed by atoms with Gasteiger partial charge in [-0.05, 0) is 40.5 Å². The number of nitrogens with zero attached hydrogens (tertiary/aromatic N) is 2. The Hall–Kier alpha value is -3.60. The van der Waals surface area contributed by atoms with E-state index in [-0.39, 0.29) is 36.9 Å². The quantitative estimate of drug-likeness (QED) is 0.183. The molecule has 0 saturated carbocycles. The first-order chi connectivity index (χ1) is 18.1. The van der Waals surface area contributed by atoms with Crippen LogP contribution in [0.5, 0.6) is 0 Å². The predicted octanol–water partition coefficient (Wildman–Crippen LogP) is 8.09. The van der Waals surface area contributed by atoms with Gasteiger partial charge in [0, 0.05) is 36.6 Å². The maximum atomic E-state index is 12.9. The molecule has 183 valence electrons. The Morgan fingerprint density at radius 2 is 1.42 bits per heavy atom. The van der Waals surface area contributed by atoms with Crippen LogP contribution < -0.4 is 0 Å². The second-order valence-electron chi connectivity index (χ2n) is 7.46. The summed E-state index contributed by atoms with van der Waals surface area (Å²) in [7, 11) is 0. The minimum absolute atomic E-state index is 0. The van der Waals surface area contributed by atoms with Gasteiger partial charge < -0.3 is 9.97 Å². The van der Waals surface area contributed by atoms with E-state index in [1.807, 2.05) is 54.7 Å². The largest absolute Gasteiger partial charge is 0.381 e. The minimum Gasteiger partial charge on any atom is -0.304 e. The third-order valence-electron chi connectivity index (χ3n) is 5.04. The summed E-state index contributed by atoms with van der Waals surface area (Å²) < 4.78 is 60.2. The molecule has 5 rings (SSSR count). The van der Waals surface area contributed by atoms with Crippen molar-refractivity contribution in [3.8, 4) is 33.6 Å². The number of alkyl halides is 3. The third-order valence-corrected chi connectivity index (χ3v) is 5.04. The molecule has 36 heavy (non-hydrogen) atoms. The molecule has 3 aromatic carbocycles. The third kappa shape index (κ3) is 6.97. The minimum atomic E-state index is -4.52. The van der Waals surface area contributed by atoms with Crippen molar-refractivity contribution >= 4 is 0 Å². The Morgan fingerprint density at radius 3 is 2.03 bits per heavy atom. The molecule has 0 spiro atoms. The van der Waals surface area contributed by atoms with Crippen LogP contribution in [-0.2, 0) is 26.3 Å². The van der Waals surface area contributed by atoms with Crippen LogP contribution in [0.2, 0.25) is 0 Å². The Labute approximate surface area is 226 Å². The topological polar surface area (TPSA) is 25.8 Å². The zero-order chi connectivity index (χ0) is 27.2. The number of pyridine rings is 2. The zero-order valence-corrected chi connectivity index (χ0v) is 21.1. The van der Waals surface area contributed by atoms with E-state index in [1.165, 1.54) is 29.8 Å². The van der Waals surface area contributed by atoms with Gasteiger partial charge in [0.25, 0.3) is 0 Å². The second-order valence-corrected chi connectivity index (χ2v) is 7.46. The molecule has 2 nitrogen and oxygen atoms in total. The molecule has 0 unspecified atom stereocenters. The molecule has 5 aromatic rings. The number of benzene rings is 3. The van der Waals surface area contributed by atoms with E-state index in [0.717, 1.165) is 29.1 Å². The van der Waals surface area contributed by atoms with Crippen molar-refractivity contribution in [2.75, 3.05) is 0 Å². The van der Waals surface area contributed by atoms with Crippen molar-refractivity contribution in [1.82, 2.24) is 9.97 Å². The Bertz CT molecular complexity index is 1400. The summed E-state index contributed by atoms with van der Waals surface area (Å²) in [6, 6.07) is 34.0. The summed E-state index contributed by atoms with van der Waals surface area (Å²) in [6.45, 7) is -2.33. The maximum Gasteiger partial charge on any atom is 0.381 e. The second kappa shape index (κ2) is 12.4. The van der Waals surface area contributed by atoms with Crippen LogP contribution in [0.3, 0.4) is 0 Å². The first-order valence-corrected chi connectivity index (χ1v) is 10.7. The van der Waals surface area contributed by atoms with Gasteiger partial charge in [-0.1, -0.05) is 54.6 Å². The predicted molar refractivity (Wildman–Crippen MR) is 132 cm³/mol. The molecule has 0 fully saturated rings. The van der Waals surface area contributed by atoms with Crippen molar-refractivity contribution < 1.29 is 37.4 Å². The molecule has 0 aliphatic heterocycles. The molecular formula is C30H21F3IrN2-2. The van der Waals surface area contributed by atoms with Gasteiger partial charge in [0.1, 0.15) is 0 Å². The molecular weight excluding hydrogens is 638 g/mol. The summed E-state index contributed by atoms with van der Waals surface area (Å²) in [5.41, 5.74) is 3.26. The molecule has 0 bridgehead atoms. The standard InChI is InChI=1S/C17H12N.C13H9F3N.Ir/c1-3-7-14(8-4-1)16-11-12-17(18-13-16)15-9-5-2-6-10-15;1-9-6-7-12(17-8-9)10-4-2-3-5-11(10)13(14,15)16;/h1-9,11-13H;2-3,5-8H,1H3;/q2*-1;/i;1D3;. The van der Waals surface area contributed by atoms with Gasteiger partial charge >= 0.3 is 6.18 Å². The monoisotopic (exact) mass is 662 g/mol. The number of rotatable bonds is 3. The van der Waals surface area contributed by atoms with Gasteiger partial charge in [-0.3, -0.25) is 0 Å². The average molecular weight is 662 g/mol. The van der Waals surface area contributed by atoms with Gasteiger partial charge in [0.05, 0.1) is 0 Å². The number of aryl methyl sites for hydroxylation is 1. The van der Waals surface area contributed by atoms with Crippen LogP contribution >= 0.6 is 0 Å². The average Bonchev–Trinajstić information content (AvgIpc) is 2.94. The molecule has 0 N–H and O–H groups in total. The zero-order valence-electron chi connectivity index (χ0n) is 21.8. The van der Waals surface area contributed by atoms with Gasteiger partial charge in [-0.25, -0.2) is 0 Å². The molecule has 1 radical (unpaired) electrons. The molecule has 0 aliphatic rings. The van der Waals surface area contributed by atoms with Gasteiger partial charge in [0.15, 0.2) is 0 Å². The van der Waals surface area contributed by atoms with Crippen LogP contribution in [0.1, 0.15) is 15.2 Å². The molecule has 2 aromatic heterocycles. The fourth-order valence-electron chi connectivity index (χ4n) is 3.33. The van der Waals surface area contributed by atoms with Crippen LogP contribution in [0.4, 0.5) is 13.2 Å². The van der Waals surface area contributed by atoms with Crippen molar-refractivity contribution in [3.05, 3.63) is 133 Å². The molecule has 2 heterocycles. The van der Waals surface area contributed by atoms with Crippen molar-refractivity contribution in [2.24, 2.45) is 0 Å². The fourth-order valence-corrected chi connectivity index (χ4v) is 3.33. The van der Waals surface area contributed by atoms with Gasteiger partial charge in [-0.2, -0.15) is 13.2 Å². The first-order valence-electron chi connectivity index (χ1n) is 12.2. The van der Waals surface area contributed by atoms with E-state index in [1.54, 1.807) is 0 Å². The molecule has 6 heteroatoms. The van der Waals surface area contributed by atoms with E-state index in [4.69, 9.17) is 4.11 Å². The summed E-state index contributed by atoms with van der Waals surface area (Å²) >= 11 is 0. The van der Waals surface area contributed by atoms with E-state index in [9.17, 15) is 13.2 Å². The Balaban J connectivity index is 0.000000211. The van der Waals surface area contributed by atoms with E-state index in [2.05, 4.69) is 40.3 Å².